The highest BCUT2D eigenvalue weighted by atomic mass is 16.5. The second kappa shape index (κ2) is 5.72. The number of carboxylic acid groups (broad SMARTS) is 1. The molecular weight excluding hydrogens is 258 g/mol. The summed E-state index contributed by atoms with van der Waals surface area (Å²) in [7, 11) is 1.52. The van der Waals surface area contributed by atoms with Gasteiger partial charge in [0.15, 0.2) is 0 Å². The summed E-state index contributed by atoms with van der Waals surface area (Å²) in [6.45, 7) is 3.20. The molecule has 1 unspecified atom stereocenters. The smallest absolute Gasteiger partial charge is 0.313 e. The standard InChI is InChI=1S/C15H25NO4/c1-3-14(6-4-7-14)12(17)16-9-5-8-15(10-16,11-20-2)13(18)19/h3-11H2,1-2H3,(H,18,19). The number of methoxy groups -OCH3 is 1. The Balaban J connectivity index is 2.13. The minimum atomic E-state index is -0.929. The van der Waals surface area contributed by atoms with Crippen LogP contribution in [0.25, 0.3) is 0 Å². The highest BCUT2D eigenvalue weighted by molar-refractivity contribution is 5.85. The molecule has 20 heavy (non-hydrogen) atoms. The lowest BCUT2D eigenvalue weighted by molar-refractivity contribution is -0.163. The van der Waals surface area contributed by atoms with E-state index in [1.54, 1.807) is 4.90 Å². The number of ether oxygens (including phenoxy) is 1. The molecule has 0 aromatic carbocycles. The summed E-state index contributed by atoms with van der Waals surface area (Å²) < 4.78 is 5.11. The van der Waals surface area contributed by atoms with Gasteiger partial charge in [0.2, 0.25) is 5.91 Å². The zero-order valence-corrected chi connectivity index (χ0v) is 12.5. The van der Waals surface area contributed by atoms with E-state index in [4.69, 9.17) is 4.74 Å². The molecule has 1 saturated carbocycles. The van der Waals surface area contributed by atoms with Gasteiger partial charge in [0.05, 0.1) is 6.61 Å². The van der Waals surface area contributed by atoms with Crippen LogP contribution in [0.15, 0.2) is 0 Å². The van der Waals surface area contributed by atoms with Crippen LogP contribution in [-0.4, -0.2) is 48.7 Å². The third-order valence-electron chi connectivity index (χ3n) is 5.18. The molecule has 1 aliphatic carbocycles. The maximum atomic E-state index is 12.7. The van der Waals surface area contributed by atoms with Crippen LogP contribution in [0, 0.1) is 10.8 Å². The van der Waals surface area contributed by atoms with E-state index in [0.29, 0.717) is 13.0 Å². The van der Waals surface area contributed by atoms with Gasteiger partial charge in [-0.15, -0.1) is 0 Å². The molecule has 0 radical (unpaired) electrons. The van der Waals surface area contributed by atoms with E-state index in [-0.39, 0.29) is 24.5 Å². The zero-order valence-electron chi connectivity index (χ0n) is 12.5. The first-order chi connectivity index (χ1) is 9.49. The van der Waals surface area contributed by atoms with Gasteiger partial charge in [-0.25, -0.2) is 0 Å². The third kappa shape index (κ3) is 2.43. The summed E-state index contributed by atoms with van der Waals surface area (Å²) in [5.41, 5.74) is -1.14. The van der Waals surface area contributed by atoms with Crippen molar-refractivity contribution in [2.45, 2.75) is 45.4 Å². The van der Waals surface area contributed by atoms with E-state index in [1.807, 2.05) is 0 Å². The molecular formula is C15H25NO4. The Labute approximate surface area is 120 Å². The van der Waals surface area contributed by atoms with E-state index in [2.05, 4.69) is 6.92 Å². The topological polar surface area (TPSA) is 66.8 Å². The maximum absolute atomic E-state index is 12.7. The predicted octanol–water partition coefficient (Wildman–Crippen LogP) is 1.91. The largest absolute Gasteiger partial charge is 0.481 e. The minimum absolute atomic E-state index is 0.160. The van der Waals surface area contributed by atoms with Crippen molar-refractivity contribution in [3.8, 4) is 0 Å². The Morgan fingerprint density at radius 2 is 1.85 bits per heavy atom. The highest BCUT2D eigenvalue weighted by Crippen LogP contribution is 2.46. The summed E-state index contributed by atoms with van der Waals surface area (Å²) in [6.07, 6.45) is 5.18. The molecule has 1 amide bonds. The zero-order chi connectivity index (χ0) is 14.8. The second-order valence-corrected chi connectivity index (χ2v) is 6.34. The fraction of sp³-hybridized carbons (Fsp3) is 0.867. The average Bonchev–Trinajstić information content (AvgIpc) is 2.38. The van der Waals surface area contributed by atoms with E-state index in [1.165, 1.54) is 7.11 Å². The summed E-state index contributed by atoms with van der Waals surface area (Å²) in [5, 5.41) is 9.53. The van der Waals surface area contributed by atoms with Crippen LogP contribution in [0.3, 0.4) is 0 Å². The molecule has 2 fully saturated rings. The number of carboxylic acids is 1. The SMILES string of the molecule is CCC1(C(=O)N2CCCC(COC)(C(=O)O)C2)CCC1. The number of rotatable bonds is 5. The number of hydrogen-bond acceptors (Lipinski definition) is 3. The van der Waals surface area contributed by atoms with E-state index < -0.39 is 11.4 Å². The number of likely N-dealkylation sites (tertiary alicyclic amines) is 1. The number of nitrogens with zero attached hydrogens (tertiary/aromatic N) is 1. The maximum Gasteiger partial charge on any atom is 0.313 e. The van der Waals surface area contributed by atoms with E-state index in [0.717, 1.165) is 32.1 Å². The molecule has 1 N–H and O–H groups in total. The Hall–Kier alpha value is -1.10. The molecule has 0 aromatic rings. The van der Waals surface area contributed by atoms with Crippen molar-refractivity contribution >= 4 is 11.9 Å². The Bertz CT molecular complexity index is 382. The molecule has 2 rings (SSSR count). The van der Waals surface area contributed by atoms with Crippen molar-refractivity contribution in [2.75, 3.05) is 26.8 Å². The van der Waals surface area contributed by atoms with Gasteiger partial charge in [-0.1, -0.05) is 13.3 Å². The van der Waals surface area contributed by atoms with Crippen LogP contribution in [0.5, 0.6) is 0 Å². The summed E-state index contributed by atoms with van der Waals surface area (Å²) in [5.74, 6) is -0.691. The fourth-order valence-electron chi connectivity index (χ4n) is 3.59. The predicted molar refractivity (Wildman–Crippen MR) is 74.3 cm³/mol. The first-order valence-electron chi connectivity index (χ1n) is 7.51. The first-order valence-corrected chi connectivity index (χ1v) is 7.51. The van der Waals surface area contributed by atoms with Crippen molar-refractivity contribution in [1.82, 2.24) is 4.90 Å². The molecule has 1 saturated heterocycles. The Morgan fingerprint density at radius 1 is 1.20 bits per heavy atom. The van der Waals surface area contributed by atoms with Crippen molar-refractivity contribution in [1.29, 1.82) is 0 Å². The number of aliphatic carboxylic acids is 1. The summed E-state index contributed by atoms with van der Waals surface area (Å²) in [6, 6.07) is 0. The Morgan fingerprint density at radius 3 is 2.30 bits per heavy atom. The molecule has 5 nitrogen and oxygen atoms in total. The molecule has 0 spiro atoms. The van der Waals surface area contributed by atoms with Gasteiger partial charge in [-0.05, 0) is 32.1 Å². The van der Waals surface area contributed by atoms with Gasteiger partial charge in [0, 0.05) is 25.6 Å². The lowest BCUT2D eigenvalue weighted by atomic mass is 9.65. The van der Waals surface area contributed by atoms with Gasteiger partial charge < -0.3 is 14.7 Å². The molecule has 0 aromatic heterocycles. The average molecular weight is 283 g/mol. The van der Waals surface area contributed by atoms with Crippen LogP contribution in [-0.2, 0) is 14.3 Å². The molecule has 1 aliphatic heterocycles. The van der Waals surface area contributed by atoms with Crippen LogP contribution in [0.2, 0.25) is 0 Å². The lowest BCUT2D eigenvalue weighted by Gasteiger charge is -2.47. The van der Waals surface area contributed by atoms with Gasteiger partial charge in [0.25, 0.3) is 0 Å². The van der Waals surface area contributed by atoms with Crippen molar-refractivity contribution in [3.05, 3.63) is 0 Å². The van der Waals surface area contributed by atoms with Gasteiger partial charge >= 0.3 is 5.97 Å². The minimum Gasteiger partial charge on any atom is -0.481 e. The van der Waals surface area contributed by atoms with Crippen LogP contribution in [0.4, 0.5) is 0 Å². The normalized spacial score (nSPS) is 28.8. The van der Waals surface area contributed by atoms with Gasteiger partial charge in [-0.3, -0.25) is 9.59 Å². The molecule has 5 heteroatoms. The molecule has 2 aliphatic rings. The lowest BCUT2D eigenvalue weighted by Crippen LogP contribution is -2.56. The fourth-order valence-corrected chi connectivity index (χ4v) is 3.59. The van der Waals surface area contributed by atoms with Crippen LogP contribution in [0.1, 0.15) is 45.4 Å². The summed E-state index contributed by atoms with van der Waals surface area (Å²) >= 11 is 0. The third-order valence-corrected chi connectivity index (χ3v) is 5.18. The monoisotopic (exact) mass is 283 g/mol. The first kappa shape index (κ1) is 15.3. The van der Waals surface area contributed by atoms with Gasteiger partial charge in [0.1, 0.15) is 5.41 Å². The number of hydrogen-bond donors (Lipinski definition) is 1. The highest BCUT2D eigenvalue weighted by Gasteiger charge is 2.49. The van der Waals surface area contributed by atoms with E-state index >= 15 is 0 Å². The number of carbonyl (C=O) groups is 2. The van der Waals surface area contributed by atoms with Crippen molar-refractivity contribution in [3.63, 3.8) is 0 Å². The molecule has 1 atom stereocenters. The number of carbonyl (C=O) groups excluding carboxylic acids is 1. The van der Waals surface area contributed by atoms with Crippen LogP contribution >= 0.6 is 0 Å². The summed E-state index contributed by atoms with van der Waals surface area (Å²) in [4.78, 5) is 26.1. The number of piperidine rings is 1. The number of amides is 1. The molecule has 114 valence electrons. The van der Waals surface area contributed by atoms with Crippen molar-refractivity contribution in [2.24, 2.45) is 10.8 Å². The van der Waals surface area contributed by atoms with Crippen LogP contribution < -0.4 is 0 Å². The second-order valence-electron chi connectivity index (χ2n) is 6.34. The molecule has 1 heterocycles. The Kier molecular flexibility index (Phi) is 4.37. The van der Waals surface area contributed by atoms with Crippen molar-refractivity contribution < 1.29 is 19.4 Å². The van der Waals surface area contributed by atoms with E-state index in [9.17, 15) is 14.7 Å². The quantitative estimate of drug-likeness (QED) is 0.837. The van der Waals surface area contributed by atoms with Gasteiger partial charge in [-0.2, -0.15) is 0 Å². The molecule has 0 bridgehead atoms.